The lowest BCUT2D eigenvalue weighted by molar-refractivity contribution is -0.126. The molecule has 0 saturated carbocycles. The van der Waals surface area contributed by atoms with Crippen LogP contribution in [0.4, 0.5) is 5.82 Å². The quantitative estimate of drug-likeness (QED) is 0.612. The Morgan fingerprint density at radius 3 is 2.57 bits per heavy atom. The van der Waals surface area contributed by atoms with Crippen LogP contribution >= 0.6 is 0 Å². The molecule has 0 unspecified atom stereocenters. The van der Waals surface area contributed by atoms with Crippen LogP contribution in [0.1, 0.15) is 24.7 Å². The highest BCUT2D eigenvalue weighted by Crippen LogP contribution is 2.24. The zero-order chi connectivity index (χ0) is 21.1. The Hall–Kier alpha value is -3.22. The maximum atomic E-state index is 12.7. The second-order valence-electron chi connectivity index (χ2n) is 7.89. The van der Waals surface area contributed by atoms with Crippen molar-refractivity contribution in [3.8, 4) is 0 Å². The smallest absolute Gasteiger partial charge is 0.246 e. The number of anilines is 1. The van der Waals surface area contributed by atoms with Gasteiger partial charge in [-0.3, -0.25) is 9.48 Å². The fourth-order valence-electron chi connectivity index (χ4n) is 3.85. The Bertz CT molecular complexity index is 1060. The van der Waals surface area contributed by atoms with Gasteiger partial charge in [-0.1, -0.05) is 35.9 Å². The first-order valence-electron chi connectivity index (χ1n) is 10.4. The molecule has 7 nitrogen and oxygen atoms in total. The Morgan fingerprint density at radius 2 is 1.83 bits per heavy atom. The van der Waals surface area contributed by atoms with Gasteiger partial charge < -0.3 is 9.80 Å². The minimum absolute atomic E-state index is 0.102. The number of amides is 1. The molecule has 4 rings (SSSR count). The monoisotopic (exact) mass is 404 g/mol. The highest BCUT2D eigenvalue weighted by Gasteiger charge is 2.23. The molecule has 0 radical (unpaired) electrons. The van der Waals surface area contributed by atoms with Crippen molar-refractivity contribution in [2.75, 3.05) is 31.1 Å². The van der Waals surface area contributed by atoms with E-state index in [0.29, 0.717) is 13.1 Å². The fraction of sp³-hybridized carbons (Fsp3) is 0.391. The molecule has 7 heteroatoms. The van der Waals surface area contributed by atoms with Crippen molar-refractivity contribution in [1.82, 2.24) is 24.6 Å². The number of benzene rings is 1. The van der Waals surface area contributed by atoms with Crippen molar-refractivity contribution in [2.45, 2.75) is 26.7 Å². The molecule has 0 atom stereocenters. The average Bonchev–Trinajstić information content (AvgIpc) is 3.13. The molecule has 1 aromatic carbocycles. The summed E-state index contributed by atoms with van der Waals surface area (Å²) >= 11 is 0. The number of nitrogens with zero attached hydrogens (tertiary/aromatic N) is 6. The first kappa shape index (κ1) is 20.1. The number of hydrogen-bond donors (Lipinski definition) is 0. The lowest BCUT2D eigenvalue weighted by Gasteiger charge is -2.35. The number of hydrogen-bond acceptors (Lipinski definition) is 5. The number of aryl methyl sites for hydroxylation is 3. The molecule has 3 aromatic rings. The Morgan fingerprint density at radius 1 is 1.10 bits per heavy atom. The molecular weight excluding hydrogens is 376 g/mol. The van der Waals surface area contributed by atoms with Crippen LogP contribution in [0.15, 0.2) is 48.2 Å². The van der Waals surface area contributed by atoms with Gasteiger partial charge in [-0.15, -0.1) is 0 Å². The van der Waals surface area contributed by atoms with Crippen molar-refractivity contribution in [3.05, 3.63) is 59.6 Å². The number of piperazine rings is 1. The van der Waals surface area contributed by atoms with Crippen molar-refractivity contribution in [1.29, 1.82) is 0 Å². The van der Waals surface area contributed by atoms with Gasteiger partial charge in [0.2, 0.25) is 5.91 Å². The summed E-state index contributed by atoms with van der Waals surface area (Å²) in [6.07, 6.45) is 5.47. The lowest BCUT2D eigenvalue weighted by Crippen LogP contribution is -2.48. The molecule has 0 N–H and O–H groups in total. The Labute approximate surface area is 177 Å². The highest BCUT2D eigenvalue weighted by atomic mass is 16.2. The Balaban J connectivity index is 1.37. The van der Waals surface area contributed by atoms with E-state index in [9.17, 15) is 4.79 Å². The fourth-order valence-corrected chi connectivity index (χ4v) is 3.85. The van der Waals surface area contributed by atoms with Crippen LogP contribution in [0.25, 0.3) is 11.0 Å². The molecule has 156 valence electrons. The molecule has 0 bridgehead atoms. The van der Waals surface area contributed by atoms with Crippen molar-refractivity contribution in [2.24, 2.45) is 7.05 Å². The second kappa shape index (κ2) is 8.65. The van der Waals surface area contributed by atoms with Crippen molar-refractivity contribution in [3.63, 3.8) is 0 Å². The van der Waals surface area contributed by atoms with E-state index >= 15 is 0 Å². The summed E-state index contributed by atoms with van der Waals surface area (Å²) < 4.78 is 1.77. The van der Waals surface area contributed by atoms with Gasteiger partial charge >= 0.3 is 0 Å². The average molecular weight is 405 g/mol. The third-order valence-electron chi connectivity index (χ3n) is 5.60. The topological polar surface area (TPSA) is 67.2 Å². The molecule has 1 saturated heterocycles. The third kappa shape index (κ3) is 4.35. The molecule has 3 heterocycles. The van der Waals surface area contributed by atoms with Crippen LogP contribution < -0.4 is 4.90 Å². The normalized spacial score (nSPS) is 15.1. The zero-order valence-corrected chi connectivity index (χ0v) is 17.9. The van der Waals surface area contributed by atoms with Gasteiger partial charge in [0.25, 0.3) is 0 Å². The highest BCUT2D eigenvalue weighted by molar-refractivity contribution is 5.89. The summed E-state index contributed by atoms with van der Waals surface area (Å²) in [5, 5.41) is 5.28. The predicted octanol–water partition coefficient (Wildman–Crippen LogP) is 2.90. The summed E-state index contributed by atoms with van der Waals surface area (Å²) in [5.74, 6) is 1.74. The molecule has 1 aliphatic heterocycles. The van der Waals surface area contributed by atoms with Gasteiger partial charge in [0.15, 0.2) is 5.65 Å². The Kier molecular flexibility index (Phi) is 5.79. The first-order valence-corrected chi connectivity index (χ1v) is 10.4. The van der Waals surface area contributed by atoms with Crippen LogP contribution in [-0.2, 0) is 18.3 Å². The van der Waals surface area contributed by atoms with E-state index in [-0.39, 0.29) is 5.91 Å². The van der Waals surface area contributed by atoms with Crippen LogP contribution in [-0.4, -0.2) is 56.7 Å². The van der Waals surface area contributed by atoms with Crippen LogP contribution in [0.5, 0.6) is 0 Å². The van der Waals surface area contributed by atoms with Gasteiger partial charge in [0.05, 0.1) is 11.6 Å². The van der Waals surface area contributed by atoms with E-state index in [0.717, 1.165) is 54.2 Å². The summed E-state index contributed by atoms with van der Waals surface area (Å²) in [4.78, 5) is 26.0. The third-order valence-corrected chi connectivity index (χ3v) is 5.60. The van der Waals surface area contributed by atoms with E-state index < -0.39 is 0 Å². The SMILES string of the molecule is C/C(=C/C(=O)N1CCN(c2nc(C)nc3c2cnn3C)CC1)CCc1ccccc1. The van der Waals surface area contributed by atoms with Gasteiger partial charge in [0, 0.05) is 39.3 Å². The molecule has 1 fully saturated rings. The number of carbonyl (C=O) groups is 1. The standard InChI is InChI=1S/C23H28N6O/c1-17(9-10-19-7-5-4-6-8-19)15-21(30)28-11-13-29(14-12-28)23-20-16-24-27(3)22(20)25-18(2)26-23/h4-8,15-16H,9-14H2,1-3H3/b17-15-. The zero-order valence-electron chi connectivity index (χ0n) is 17.9. The van der Waals surface area contributed by atoms with Crippen LogP contribution in [0.2, 0.25) is 0 Å². The number of fused-ring (bicyclic) bond motifs is 1. The summed E-state index contributed by atoms with van der Waals surface area (Å²) in [6, 6.07) is 10.4. The number of allylic oxidation sites excluding steroid dienone is 1. The van der Waals surface area contributed by atoms with Gasteiger partial charge in [-0.05, 0) is 32.3 Å². The first-order chi connectivity index (χ1) is 14.5. The number of carbonyl (C=O) groups excluding carboxylic acids is 1. The van der Waals surface area contributed by atoms with E-state index in [1.54, 1.807) is 10.8 Å². The molecule has 1 amide bonds. The van der Waals surface area contributed by atoms with Crippen molar-refractivity contribution >= 4 is 22.8 Å². The van der Waals surface area contributed by atoms with E-state index in [1.807, 2.05) is 38.1 Å². The van der Waals surface area contributed by atoms with Crippen LogP contribution in [0.3, 0.4) is 0 Å². The van der Waals surface area contributed by atoms with Gasteiger partial charge in [-0.25, -0.2) is 9.97 Å². The molecule has 30 heavy (non-hydrogen) atoms. The lowest BCUT2D eigenvalue weighted by atomic mass is 10.1. The minimum atomic E-state index is 0.102. The minimum Gasteiger partial charge on any atom is -0.352 e. The van der Waals surface area contributed by atoms with E-state index in [4.69, 9.17) is 0 Å². The molecular formula is C23H28N6O. The van der Waals surface area contributed by atoms with E-state index in [1.165, 1.54) is 5.56 Å². The van der Waals surface area contributed by atoms with Gasteiger partial charge in [0.1, 0.15) is 11.6 Å². The summed E-state index contributed by atoms with van der Waals surface area (Å²) in [5.41, 5.74) is 3.26. The largest absolute Gasteiger partial charge is 0.352 e. The van der Waals surface area contributed by atoms with Gasteiger partial charge in [-0.2, -0.15) is 5.10 Å². The summed E-state index contributed by atoms with van der Waals surface area (Å²) in [7, 11) is 1.89. The molecule has 0 aliphatic carbocycles. The number of aromatic nitrogens is 4. The maximum Gasteiger partial charge on any atom is 0.246 e. The second-order valence-corrected chi connectivity index (χ2v) is 7.89. The predicted molar refractivity (Wildman–Crippen MR) is 118 cm³/mol. The maximum absolute atomic E-state index is 12.7. The van der Waals surface area contributed by atoms with Crippen LogP contribution in [0, 0.1) is 6.92 Å². The molecule has 0 spiro atoms. The number of rotatable bonds is 5. The summed E-state index contributed by atoms with van der Waals surface area (Å²) in [6.45, 7) is 6.82. The van der Waals surface area contributed by atoms with Crippen molar-refractivity contribution < 1.29 is 4.79 Å². The van der Waals surface area contributed by atoms with E-state index in [2.05, 4.69) is 44.2 Å². The molecule has 2 aromatic heterocycles. The molecule has 1 aliphatic rings.